The van der Waals surface area contributed by atoms with Gasteiger partial charge < -0.3 is 48.2 Å². The van der Waals surface area contributed by atoms with Crippen molar-refractivity contribution in [3.8, 4) is 17.1 Å². The largest absolute Gasteiger partial charge is 0.513 e. The molecule has 2 N–H and O–H groups in total. The van der Waals surface area contributed by atoms with Gasteiger partial charge in [-0.05, 0) is 69.7 Å². The molecule has 4 aromatic rings. The minimum Gasteiger partial charge on any atom is -0.460 e. The van der Waals surface area contributed by atoms with Crippen molar-refractivity contribution >= 4 is 46.0 Å². The van der Waals surface area contributed by atoms with E-state index in [4.69, 9.17) is 42.8 Å². The van der Waals surface area contributed by atoms with E-state index in [1.54, 1.807) is 24.4 Å². The molecule has 5 rings (SSSR count). The summed E-state index contributed by atoms with van der Waals surface area (Å²) in [6, 6.07) is 10.6. The second-order valence-electron chi connectivity index (χ2n) is 15.8. The number of aliphatic hydroxyl groups is 1. The number of benzene rings is 1. The second-order valence-corrected chi connectivity index (χ2v) is 15.8. The van der Waals surface area contributed by atoms with Gasteiger partial charge in [0.05, 0.1) is 43.5 Å². The summed E-state index contributed by atoms with van der Waals surface area (Å²) in [5.41, 5.74) is 1.39. The van der Waals surface area contributed by atoms with Crippen LogP contribution in [0.3, 0.4) is 0 Å². The number of amides is 1. The zero-order valence-corrected chi connectivity index (χ0v) is 33.7. The number of nitrogens with zero attached hydrogens (tertiary/aromatic N) is 4. The first kappa shape index (κ1) is 43.2. The molecule has 1 aromatic carbocycles. The molecule has 4 heterocycles. The maximum atomic E-state index is 12.5. The zero-order chi connectivity index (χ0) is 41.0. The number of esters is 1. The molecule has 0 radical (unpaired) electrons. The van der Waals surface area contributed by atoms with Gasteiger partial charge in [0.1, 0.15) is 17.9 Å². The highest BCUT2D eigenvalue weighted by molar-refractivity contribution is 6.05. The van der Waals surface area contributed by atoms with E-state index in [1.165, 1.54) is 0 Å². The first-order chi connectivity index (χ1) is 27.2. The lowest BCUT2D eigenvalue weighted by molar-refractivity contribution is -0.251. The second kappa shape index (κ2) is 20.0. The first-order valence-electron chi connectivity index (χ1n) is 19.4. The van der Waals surface area contributed by atoms with Crippen LogP contribution in [0.15, 0.2) is 47.0 Å². The van der Waals surface area contributed by atoms with E-state index in [2.05, 4.69) is 15.2 Å². The highest BCUT2D eigenvalue weighted by Crippen LogP contribution is 2.35. The number of rotatable bonds is 18. The monoisotopic (exact) mass is 793 g/mol. The molecule has 16 nitrogen and oxygen atoms in total. The molecule has 16 heteroatoms. The van der Waals surface area contributed by atoms with Crippen molar-refractivity contribution in [3.05, 3.63) is 42.6 Å². The number of furan rings is 1. The van der Waals surface area contributed by atoms with Crippen LogP contribution in [0.2, 0.25) is 0 Å². The van der Waals surface area contributed by atoms with Crippen molar-refractivity contribution in [1.29, 1.82) is 0 Å². The van der Waals surface area contributed by atoms with E-state index < -0.39 is 30.1 Å². The SMILES string of the molecule is CC(C)(C)OC(COC(=O)CCCC(=O)NCCCCOC(=O)Oc1cccc(-c2nc(N3CCOCC3)c3oc4ncccc4c3n2)c1)OC(CO)C(C)(C)C. The molecule has 1 saturated heterocycles. The number of unbranched alkanes of at least 4 members (excludes halogenated alkanes) is 1. The Bertz CT molecular complexity index is 1950. The average molecular weight is 794 g/mol. The molecule has 0 bridgehead atoms. The summed E-state index contributed by atoms with van der Waals surface area (Å²) in [5.74, 6) is 0.673. The van der Waals surface area contributed by atoms with Crippen LogP contribution in [-0.2, 0) is 33.3 Å². The van der Waals surface area contributed by atoms with Crippen LogP contribution in [0.25, 0.3) is 33.6 Å². The summed E-state index contributed by atoms with van der Waals surface area (Å²) in [6.07, 6.45) is 1.01. The van der Waals surface area contributed by atoms with Crippen molar-refractivity contribution in [2.24, 2.45) is 5.41 Å². The highest BCUT2D eigenvalue weighted by Gasteiger charge is 2.31. The van der Waals surface area contributed by atoms with Gasteiger partial charge in [-0.25, -0.2) is 19.7 Å². The first-order valence-corrected chi connectivity index (χ1v) is 19.4. The van der Waals surface area contributed by atoms with Crippen molar-refractivity contribution in [1.82, 2.24) is 20.3 Å². The van der Waals surface area contributed by atoms with Crippen molar-refractivity contribution in [2.75, 3.05) is 57.6 Å². The van der Waals surface area contributed by atoms with Gasteiger partial charge >= 0.3 is 12.1 Å². The van der Waals surface area contributed by atoms with Crippen LogP contribution in [0.1, 0.15) is 73.6 Å². The summed E-state index contributed by atoms with van der Waals surface area (Å²) < 4.78 is 39.6. The van der Waals surface area contributed by atoms with Crippen LogP contribution >= 0.6 is 0 Å². The van der Waals surface area contributed by atoms with Gasteiger partial charge in [-0.3, -0.25) is 9.59 Å². The number of aromatic nitrogens is 3. The van der Waals surface area contributed by atoms with Gasteiger partial charge in [0.2, 0.25) is 11.6 Å². The third-order valence-corrected chi connectivity index (χ3v) is 8.89. The third kappa shape index (κ3) is 13.1. The molecule has 1 aliphatic rings. The quantitative estimate of drug-likeness (QED) is 0.0518. The summed E-state index contributed by atoms with van der Waals surface area (Å²) in [7, 11) is 0. The van der Waals surface area contributed by atoms with Gasteiger partial charge in [0.15, 0.2) is 23.5 Å². The molecule has 1 aliphatic heterocycles. The summed E-state index contributed by atoms with van der Waals surface area (Å²) in [6.45, 7) is 14.0. The number of nitrogens with one attached hydrogen (secondary N) is 1. The predicted molar refractivity (Wildman–Crippen MR) is 211 cm³/mol. The number of pyridine rings is 1. The molecular weight excluding hydrogens is 738 g/mol. The predicted octanol–water partition coefficient (Wildman–Crippen LogP) is 5.96. The molecule has 0 aliphatic carbocycles. The van der Waals surface area contributed by atoms with Crippen LogP contribution in [0, 0.1) is 5.41 Å². The molecule has 1 amide bonds. The van der Waals surface area contributed by atoms with E-state index in [0.717, 1.165) is 5.39 Å². The fourth-order valence-corrected chi connectivity index (χ4v) is 5.93. The lowest BCUT2D eigenvalue weighted by atomic mass is 9.89. The molecule has 2 unspecified atom stereocenters. The molecule has 0 saturated carbocycles. The van der Waals surface area contributed by atoms with Crippen LogP contribution < -0.4 is 15.0 Å². The number of aliphatic hydroxyl groups excluding tert-OH is 1. The van der Waals surface area contributed by atoms with Gasteiger partial charge in [-0.15, -0.1) is 0 Å². The standard InChI is InChI=1S/C41H55N5O11/c1-40(2,3)30(25-47)55-33(57-41(4,5)6)26-53-32(49)16-10-15-31(48)42-17-7-8-21-52-39(50)54-28-13-9-12-27(24-28)36-44-34-29-14-11-18-43-38(29)56-35(34)37(45-36)46-19-22-51-23-20-46/h9,11-14,18,24,30,33,47H,7-8,10,15-17,19-23,25-26H2,1-6H3,(H,42,48). The van der Waals surface area contributed by atoms with E-state index in [9.17, 15) is 19.5 Å². The lowest BCUT2D eigenvalue weighted by Gasteiger charge is -2.35. The van der Waals surface area contributed by atoms with Crippen molar-refractivity contribution in [3.63, 3.8) is 0 Å². The van der Waals surface area contributed by atoms with Crippen LogP contribution in [0.5, 0.6) is 5.75 Å². The topological polar surface area (TPSA) is 194 Å². The molecule has 57 heavy (non-hydrogen) atoms. The number of carbonyl (C=O) groups excluding carboxylic acids is 3. The van der Waals surface area contributed by atoms with Gasteiger partial charge in [0, 0.05) is 44.2 Å². The molecule has 3 aromatic heterocycles. The highest BCUT2D eigenvalue weighted by atomic mass is 16.7. The van der Waals surface area contributed by atoms with E-state index in [0.29, 0.717) is 86.1 Å². The third-order valence-electron chi connectivity index (χ3n) is 8.89. The summed E-state index contributed by atoms with van der Waals surface area (Å²) in [5, 5.41) is 13.4. The molecule has 2 atom stereocenters. The van der Waals surface area contributed by atoms with E-state index in [-0.39, 0.29) is 49.7 Å². The van der Waals surface area contributed by atoms with Crippen molar-refractivity contribution < 1.29 is 52.3 Å². The number of hydrogen-bond acceptors (Lipinski definition) is 15. The number of hydrogen-bond donors (Lipinski definition) is 2. The Kier molecular flexibility index (Phi) is 15.2. The Morgan fingerprint density at radius 3 is 2.49 bits per heavy atom. The molecular formula is C41H55N5O11. The minimum atomic E-state index is -0.857. The Hall–Kier alpha value is -4.90. The summed E-state index contributed by atoms with van der Waals surface area (Å²) >= 11 is 0. The number of anilines is 1. The summed E-state index contributed by atoms with van der Waals surface area (Å²) in [4.78, 5) is 53.4. The van der Waals surface area contributed by atoms with Crippen molar-refractivity contribution in [2.45, 2.75) is 91.6 Å². The average Bonchev–Trinajstić information content (AvgIpc) is 3.55. The van der Waals surface area contributed by atoms with Crippen LogP contribution in [0.4, 0.5) is 10.6 Å². The molecule has 0 spiro atoms. The number of morpholine rings is 1. The smallest absolute Gasteiger partial charge is 0.460 e. The van der Waals surface area contributed by atoms with Gasteiger partial charge in [0.25, 0.3) is 0 Å². The fourth-order valence-electron chi connectivity index (χ4n) is 5.93. The molecule has 310 valence electrons. The Morgan fingerprint density at radius 1 is 0.965 bits per heavy atom. The van der Waals surface area contributed by atoms with Gasteiger partial charge in [-0.1, -0.05) is 32.9 Å². The maximum Gasteiger partial charge on any atom is 0.513 e. The maximum absolute atomic E-state index is 12.5. The Labute approximate surface area is 332 Å². The number of ether oxygens (including phenoxy) is 6. The van der Waals surface area contributed by atoms with E-state index >= 15 is 0 Å². The molecule has 1 fully saturated rings. The lowest BCUT2D eigenvalue weighted by Crippen LogP contribution is -2.42. The minimum absolute atomic E-state index is 0.0498. The number of carbonyl (C=O) groups is 3. The Morgan fingerprint density at radius 2 is 1.75 bits per heavy atom. The normalized spacial score (nSPS) is 14.7. The zero-order valence-electron chi connectivity index (χ0n) is 33.7. The van der Waals surface area contributed by atoms with Crippen LogP contribution in [-0.4, -0.2) is 109 Å². The fraction of sp³-hybridized carbons (Fsp3) is 0.561. The Balaban J connectivity index is 1.01. The van der Waals surface area contributed by atoms with Gasteiger partial charge in [-0.2, -0.15) is 0 Å². The number of fused-ring (bicyclic) bond motifs is 3. The van der Waals surface area contributed by atoms with E-state index in [1.807, 2.05) is 59.7 Å².